The molecule has 0 aliphatic carbocycles. The highest BCUT2D eigenvalue weighted by Gasteiger charge is 2.24. The zero-order chi connectivity index (χ0) is 14.0. The van der Waals surface area contributed by atoms with Gasteiger partial charge in [-0.2, -0.15) is 0 Å². The van der Waals surface area contributed by atoms with E-state index in [4.69, 9.17) is 0 Å². The molecule has 5 nitrogen and oxygen atoms in total. The second-order valence-corrected chi connectivity index (χ2v) is 5.94. The summed E-state index contributed by atoms with van der Waals surface area (Å²) in [5, 5.41) is 3.34. The van der Waals surface area contributed by atoms with Gasteiger partial charge in [-0.1, -0.05) is 0 Å². The normalized spacial score (nSPS) is 17.5. The number of amides is 1. The number of halogens is 3. The Morgan fingerprint density at radius 2 is 2.14 bits per heavy atom. The highest BCUT2D eigenvalue weighted by molar-refractivity contribution is 9.10. The number of hydrogen-bond acceptors (Lipinski definition) is 4. The van der Waals surface area contributed by atoms with Crippen LogP contribution in [0.25, 0.3) is 0 Å². The molecule has 8 heteroatoms. The molecule has 21 heavy (non-hydrogen) atoms. The van der Waals surface area contributed by atoms with Crippen LogP contribution in [0.4, 0.5) is 5.82 Å². The molecule has 1 aromatic rings. The minimum Gasteiger partial charge on any atom is -0.362 e. The van der Waals surface area contributed by atoms with E-state index >= 15 is 0 Å². The van der Waals surface area contributed by atoms with Crippen molar-refractivity contribution in [2.45, 2.75) is 13.0 Å². The van der Waals surface area contributed by atoms with Gasteiger partial charge in [-0.25, -0.2) is 4.98 Å². The maximum atomic E-state index is 12.6. The topological polar surface area (TPSA) is 48.5 Å². The van der Waals surface area contributed by atoms with Crippen LogP contribution in [0.1, 0.15) is 17.3 Å². The quantitative estimate of drug-likeness (QED) is 0.827. The smallest absolute Gasteiger partial charge is 0.257 e. The Hall–Kier alpha value is -0.560. The van der Waals surface area contributed by atoms with Crippen molar-refractivity contribution in [3.8, 4) is 0 Å². The van der Waals surface area contributed by atoms with E-state index in [1.54, 1.807) is 6.20 Å². The van der Waals surface area contributed by atoms with E-state index in [2.05, 4.69) is 33.2 Å². The van der Waals surface area contributed by atoms with E-state index in [0.717, 1.165) is 24.1 Å². The van der Waals surface area contributed by atoms with E-state index in [9.17, 15) is 4.79 Å². The zero-order valence-corrected chi connectivity index (χ0v) is 15.5. The lowest BCUT2D eigenvalue weighted by atomic mass is 10.1. The molecule has 1 amide bonds. The van der Waals surface area contributed by atoms with Crippen LogP contribution < -0.4 is 10.2 Å². The summed E-state index contributed by atoms with van der Waals surface area (Å²) in [6.45, 7) is 4.40. The average molecular weight is 400 g/mol. The third-order valence-electron chi connectivity index (χ3n) is 3.14. The summed E-state index contributed by atoms with van der Waals surface area (Å²) in [5.41, 5.74) is 0.647. The fraction of sp³-hybridized carbons (Fsp3) is 0.538. The largest absolute Gasteiger partial charge is 0.362 e. The molecule has 1 N–H and O–H groups in total. The number of carbonyl (C=O) groups excluding carboxylic acids is 1. The number of anilines is 1. The number of aromatic nitrogens is 1. The first kappa shape index (κ1) is 20.4. The van der Waals surface area contributed by atoms with Gasteiger partial charge in [0.2, 0.25) is 0 Å². The third-order valence-corrected chi connectivity index (χ3v) is 3.58. The number of carbonyl (C=O) groups is 1. The molecule has 1 saturated heterocycles. The van der Waals surface area contributed by atoms with Crippen LogP contribution in [0.5, 0.6) is 0 Å². The van der Waals surface area contributed by atoms with E-state index < -0.39 is 0 Å². The molecular weight excluding hydrogens is 379 g/mol. The zero-order valence-electron chi connectivity index (χ0n) is 12.3. The highest BCUT2D eigenvalue weighted by atomic mass is 79.9. The first-order valence-electron chi connectivity index (χ1n) is 6.34. The Morgan fingerprint density at radius 3 is 2.71 bits per heavy atom. The average Bonchev–Trinajstić information content (AvgIpc) is 2.37. The lowest BCUT2D eigenvalue weighted by Gasteiger charge is -2.32. The minimum atomic E-state index is 0. The summed E-state index contributed by atoms with van der Waals surface area (Å²) in [7, 11) is 3.79. The number of rotatable bonds is 2. The Labute approximate surface area is 146 Å². The fourth-order valence-corrected chi connectivity index (χ4v) is 2.56. The van der Waals surface area contributed by atoms with Gasteiger partial charge in [0.25, 0.3) is 5.91 Å². The Bertz CT molecular complexity index is 487. The molecule has 2 heterocycles. The van der Waals surface area contributed by atoms with Crippen molar-refractivity contribution in [1.29, 1.82) is 0 Å². The Balaban J connectivity index is 0.00000200. The van der Waals surface area contributed by atoms with E-state index in [0.29, 0.717) is 17.4 Å². The Kier molecular flexibility index (Phi) is 8.54. The van der Waals surface area contributed by atoms with Gasteiger partial charge in [0.15, 0.2) is 0 Å². The summed E-state index contributed by atoms with van der Waals surface area (Å²) in [6, 6.07) is 2.18. The summed E-state index contributed by atoms with van der Waals surface area (Å²) in [4.78, 5) is 20.7. The Morgan fingerprint density at radius 1 is 1.48 bits per heavy atom. The number of nitrogens with zero attached hydrogens (tertiary/aromatic N) is 3. The van der Waals surface area contributed by atoms with Crippen LogP contribution in [-0.2, 0) is 0 Å². The number of nitrogens with one attached hydrogen (secondary N) is 1. The molecular formula is C13H21BrCl2N4O. The highest BCUT2D eigenvalue weighted by Crippen LogP contribution is 2.22. The van der Waals surface area contributed by atoms with Crippen LogP contribution in [0.3, 0.4) is 0 Å². The lowest BCUT2D eigenvalue weighted by Crippen LogP contribution is -2.51. The lowest BCUT2D eigenvalue weighted by molar-refractivity contribution is 0.0709. The SMILES string of the molecule is CC1CN(C(=O)c2cc(Br)cnc2N(C)C)CCN1.Cl.Cl. The molecule has 2 rings (SSSR count). The minimum absolute atomic E-state index is 0. The molecule has 1 aliphatic rings. The molecule has 0 aromatic carbocycles. The van der Waals surface area contributed by atoms with Crippen molar-refractivity contribution >= 4 is 52.5 Å². The third kappa shape index (κ3) is 4.98. The van der Waals surface area contributed by atoms with Gasteiger partial charge >= 0.3 is 0 Å². The van der Waals surface area contributed by atoms with E-state index in [-0.39, 0.29) is 30.7 Å². The van der Waals surface area contributed by atoms with Crippen LogP contribution >= 0.6 is 40.7 Å². The van der Waals surface area contributed by atoms with Gasteiger partial charge in [0.1, 0.15) is 5.82 Å². The fourth-order valence-electron chi connectivity index (χ4n) is 2.23. The molecule has 120 valence electrons. The summed E-state index contributed by atoms with van der Waals surface area (Å²) < 4.78 is 0.824. The molecule has 0 saturated carbocycles. The molecule has 1 fully saturated rings. The summed E-state index contributed by atoms with van der Waals surface area (Å²) in [5.74, 6) is 0.755. The summed E-state index contributed by atoms with van der Waals surface area (Å²) >= 11 is 3.39. The van der Waals surface area contributed by atoms with Crippen molar-refractivity contribution < 1.29 is 4.79 Å². The molecule has 1 unspecified atom stereocenters. The predicted molar refractivity (Wildman–Crippen MR) is 94.1 cm³/mol. The number of piperazine rings is 1. The van der Waals surface area contributed by atoms with Crippen molar-refractivity contribution in [1.82, 2.24) is 15.2 Å². The second kappa shape index (κ2) is 8.78. The van der Waals surface area contributed by atoms with Gasteiger partial charge in [0, 0.05) is 50.4 Å². The molecule has 1 atom stereocenters. The molecule has 0 bridgehead atoms. The molecule has 1 aromatic heterocycles. The van der Waals surface area contributed by atoms with Crippen molar-refractivity contribution in [2.75, 3.05) is 38.6 Å². The van der Waals surface area contributed by atoms with Crippen LogP contribution in [0.15, 0.2) is 16.7 Å². The van der Waals surface area contributed by atoms with Gasteiger partial charge in [-0.3, -0.25) is 4.79 Å². The van der Waals surface area contributed by atoms with Crippen molar-refractivity contribution in [3.63, 3.8) is 0 Å². The molecule has 0 spiro atoms. The second-order valence-electron chi connectivity index (χ2n) is 5.03. The van der Waals surface area contributed by atoms with Crippen LogP contribution in [0, 0.1) is 0 Å². The number of hydrogen-bond donors (Lipinski definition) is 1. The van der Waals surface area contributed by atoms with Gasteiger partial charge in [-0.15, -0.1) is 24.8 Å². The molecule has 1 aliphatic heterocycles. The maximum absolute atomic E-state index is 12.6. The van der Waals surface area contributed by atoms with Gasteiger partial charge < -0.3 is 15.1 Å². The molecule has 0 radical (unpaired) electrons. The van der Waals surface area contributed by atoms with Crippen molar-refractivity contribution in [2.24, 2.45) is 0 Å². The first-order chi connectivity index (χ1) is 8.99. The standard InChI is InChI=1S/C13H19BrN4O.2ClH/c1-9-8-18(5-4-15-9)13(19)11-6-10(14)7-16-12(11)17(2)3;;/h6-7,9,15H,4-5,8H2,1-3H3;2*1H. The van der Waals surface area contributed by atoms with E-state index in [1.165, 1.54) is 0 Å². The maximum Gasteiger partial charge on any atom is 0.257 e. The van der Waals surface area contributed by atoms with Crippen LogP contribution in [-0.4, -0.2) is 55.6 Å². The van der Waals surface area contributed by atoms with E-state index in [1.807, 2.05) is 30.0 Å². The van der Waals surface area contributed by atoms with Gasteiger partial charge in [0.05, 0.1) is 5.56 Å². The van der Waals surface area contributed by atoms with Crippen molar-refractivity contribution in [3.05, 3.63) is 22.3 Å². The van der Waals surface area contributed by atoms with Gasteiger partial charge in [-0.05, 0) is 28.9 Å². The monoisotopic (exact) mass is 398 g/mol. The predicted octanol–water partition coefficient (Wildman–Crippen LogP) is 2.19. The number of pyridine rings is 1. The summed E-state index contributed by atoms with van der Waals surface area (Å²) in [6.07, 6.45) is 1.71. The first-order valence-corrected chi connectivity index (χ1v) is 7.14. The van der Waals surface area contributed by atoms with Crippen LogP contribution in [0.2, 0.25) is 0 Å².